The minimum absolute atomic E-state index is 0.219. The van der Waals surface area contributed by atoms with Crippen LogP contribution in [0.3, 0.4) is 0 Å². The van der Waals surface area contributed by atoms with Crippen molar-refractivity contribution in [2.75, 3.05) is 19.1 Å². The third-order valence-corrected chi connectivity index (χ3v) is 3.19. The van der Waals surface area contributed by atoms with Crippen LogP contribution >= 0.6 is 11.8 Å². The molecule has 0 aliphatic carbocycles. The van der Waals surface area contributed by atoms with Crippen LogP contribution in [0.1, 0.15) is 10.5 Å². The van der Waals surface area contributed by atoms with E-state index >= 15 is 0 Å². The monoisotopic (exact) mass is 281 g/mol. The van der Waals surface area contributed by atoms with Gasteiger partial charge < -0.3 is 4.74 Å². The third-order valence-electron chi connectivity index (χ3n) is 2.60. The summed E-state index contributed by atoms with van der Waals surface area (Å²) in [4.78, 5) is 11.7. The van der Waals surface area contributed by atoms with Gasteiger partial charge in [-0.15, -0.1) is 5.10 Å². The first kappa shape index (κ1) is 13.6. The van der Waals surface area contributed by atoms with Crippen LogP contribution in [0.5, 0.6) is 0 Å². The summed E-state index contributed by atoms with van der Waals surface area (Å²) in [6, 6.07) is 0. The zero-order valence-corrected chi connectivity index (χ0v) is 11.8. The second-order valence-electron chi connectivity index (χ2n) is 3.90. The van der Waals surface area contributed by atoms with Crippen molar-refractivity contribution in [3.8, 4) is 11.3 Å². The normalized spacial score (nSPS) is 10.7. The Morgan fingerprint density at radius 1 is 1.53 bits per heavy atom. The summed E-state index contributed by atoms with van der Waals surface area (Å²) in [7, 11) is 3.15. The predicted molar refractivity (Wildman–Crippen MR) is 71.9 cm³/mol. The van der Waals surface area contributed by atoms with E-state index in [0.29, 0.717) is 12.2 Å². The number of aromatic nitrogens is 5. The van der Waals surface area contributed by atoms with Gasteiger partial charge in [-0.25, -0.2) is 9.48 Å². The predicted octanol–water partition coefficient (Wildman–Crippen LogP) is 0.828. The van der Waals surface area contributed by atoms with Crippen LogP contribution in [-0.2, 0) is 18.3 Å². The SMILES string of the molecule is COC(=O)c1nnn(CCSC)c1-c1cnn(C)c1. The van der Waals surface area contributed by atoms with Crippen LogP contribution in [0.15, 0.2) is 12.4 Å². The highest BCUT2D eigenvalue weighted by atomic mass is 32.2. The molecule has 0 fully saturated rings. The Balaban J connectivity index is 2.46. The van der Waals surface area contributed by atoms with Crippen LogP contribution in [0.25, 0.3) is 11.3 Å². The van der Waals surface area contributed by atoms with Crippen molar-refractivity contribution in [1.29, 1.82) is 0 Å². The van der Waals surface area contributed by atoms with E-state index in [4.69, 9.17) is 4.74 Å². The number of carbonyl (C=O) groups excluding carboxylic acids is 1. The minimum atomic E-state index is -0.491. The Bertz CT molecular complexity index is 577. The average molecular weight is 281 g/mol. The van der Waals surface area contributed by atoms with Gasteiger partial charge in [0.1, 0.15) is 5.69 Å². The zero-order chi connectivity index (χ0) is 13.8. The van der Waals surface area contributed by atoms with Gasteiger partial charge in [0.05, 0.1) is 19.9 Å². The maximum absolute atomic E-state index is 11.7. The first-order valence-corrected chi connectivity index (χ1v) is 7.06. The van der Waals surface area contributed by atoms with Gasteiger partial charge in [0.15, 0.2) is 5.69 Å². The van der Waals surface area contributed by atoms with Crippen LogP contribution in [0.2, 0.25) is 0 Å². The summed E-state index contributed by atoms with van der Waals surface area (Å²) in [6.45, 7) is 0.676. The van der Waals surface area contributed by atoms with E-state index in [0.717, 1.165) is 11.3 Å². The van der Waals surface area contributed by atoms with Crippen LogP contribution in [0.4, 0.5) is 0 Å². The lowest BCUT2D eigenvalue weighted by atomic mass is 10.2. The fourth-order valence-electron chi connectivity index (χ4n) is 1.71. The van der Waals surface area contributed by atoms with Crippen molar-refractivity contribution in [2.45, 2.75) is 6.54 Å². The van der Waals surface area contributed by atoms with Crippen molar-refractivity contribution in [2.24, 2.45) is 7.05 Å². The zero-order valence-electron chi connectivity index (χ0n) is 11.0. The molecule has 0 radical (unpaired) electrons. The van der Waals surface area contributed by atoms with Gasteiger partial charge >= 0.3 is 5.97 Å². The fourth-order valence-corrected chi connectivity index (χ4v) is 2.07. The molecule has 8 heteroatoms. The lowest BCUT2D eigenvalue weighted by Gasteiger charge is -2.04. The largest absolute Gasteiger partial charge is 0.464 e. The third kappa shape index (κ3) is 2.78. The van der Waals surface area contributed by atoms with Gasteiger partial charge in [-0.2, -0.15) is 16.9 Å². The van der Waals surface area contributed by atoms with Crippen LogP contribution in [-0.4, -0.2) is 49.9 Å². The molecule has 0 aliphatic rings. The van der Waals surface area contributed by atoms with E-state index in [1.807, 2.05) is 19.5 Å². The second kappa shape index (κ2) is 5.87. The van der Waals surface area contributed by atoms with Gasteiger partial charge in [0.2, 0.25) is 0 Å². The highest BCUT2D eigenvalue weighted by Gasteiger charge is 2.22. The van der Waals surface area contributed by atoms with Crippen molar-refractivity contribution < 1.29 is 9.53 Å². The fraction of sp³-hybridized carbons (Fsp3) is 0.455. The Morgan fingerprint density at radius 2 is 2.32 bits per heavy atom. The molecule has 0 amide bonds. The molecule has 0 aromatic carbocycles. The van der Waals surface area contributed by atoms with Crippen molar-refractivity contribution in [1.82, 2.24) is 24.8 Å². The number of ether oxygens (including phenoxy) is 1. The Labute approximate surface area is 114 Å². The van der Waals surface area contributed by atoms with Gasteiger partial charge in [-0.3, -0.25) is 4.68 Å². The number of aryl methyl sites for hydroxylation is 2. The van der Waals surface area contributed by atoms with Crippen molar-refractivity contribution in [3.63, 3.8) is 0 Å². The molecule has 0 unspecified atom stereocenters. The number of esters is 1. The van der Waals surface area contributed by atoms with Gasteiger partial charge in [0.25, 0.3) is 0 Å². The smallest absolute Gasteiger partial charge is 0.360 e. The first-order valence-electron chi connectivity index (χ1n) is 5.67. The molecule has 2 aromatic heterocycles. The first-order chi connectivity index (χ1) is 9.17. The highest BCUT2D eigenvalue weighted by molar-refractivity contribution is 7.98. The van der Waals surface area contributed by atoms with E-state index in [9.17, 15) is 4.79 Å². The van der Waals surface area contributed by atoms with Crippen molar-refractivity contribution in [3.05, 3.63) is 18.1 Å². The molecule has 0 atom stereocenters. The molecule has 0 spiro atoms. The maximum atomic E-state index is 11.7. The van der Waals surface area contributed by atoms with Crippen LogP contribution in [0, 0.1) is 0 Å². The molecular weight excluding hydrogens is 266 g/mol. The van der Waals surface area contributed by atoms with Gasteiger partial charge in [0, 0.05) is 24.6 Å². The Morgan fingerprint density at radius 3 is 2.89 bits per heavy atom. The molecule has 0 saturated carbocycles. The van der Waals surface area contributed by atoms with E-state index in [2.05, 4.69) is 15.4 Å². The molecule has 0 aliphatic heterocycles. The van der Waals surface area contributed by atoms with E-state index in [-0.39, 0.29) is 5.69 Å². The van der Waals surface area contributed by atoms with Gasteiger partial charge in [-0.05, 0) is 6.26 Å². The maximum Gasteiger partial charge on any atom is 0.360 e. The number of carbonyl (C=O) groups is 1. The topological polar surface area (TPSA) is 74.8 Å². The van der Waals surface area contributed by atoms with Crippen LogP contribution < -0.4 is 0 Å². The number of rotatable bonds is 5. The lowest BCUT2D eigenvalue weighted by Crippen LogP contribution is -2.07. The molecule has 19 heavy (non-hydrogen) atoms. The lowest BCUT2D eigenvalue weighted by molar-refractivity contribution is 0.0595. The standard InChI is InChI=1S/C11H15N5O2S/c1-15-7-8(6-12-15)10-9(11(17)18-2)13-14-16(10)4-5-19-3/h6-7H,4-5H2,1-3H3. The molecule has 0 N–H and O–H groups in total. The molecule has 2 rings (SSSR count). The van der Waals surface area contributed by atoms with E-state index in [1.54, 1.807) is 27.3 Å². The summed E-state index contributed by atoms with van der Waals surface area (Å²) < 4.78 is 8.11. The molecule has 0 bridgehead atoms. The number of methoxy groups -OCH3 is 1. The second-order valence-corrected chi connectivity index (χ2v) is 4.88. The number of nitrogens with zero attached hydrogens (tertiary/aromatic N) is 5. The van der Waals surface area contributed by atoms with E-state index in [1.165, 1.54) is 7.11 Å². The quantitative estimate of drug-likeness (QED) is 0.756. The average Bonchev–Trinajstić information content (AvgIpc) is 3.01. The summed E-state index contributed by atoms with van der Waals surface area (Å²) in [5.41, 5.74) is 1.67. The molecule has 2 heterocycles. The minimum Gasteiger partial charge on any atom is -0.464 e. The summed E-state index contributed by atoms with van der Waals surface area (Å²) in [6.07, 6.45) is 5.52. The molecule has 102 valence electrons. The highest BCUT2D eigenvalue weighted by Crippen LogP contribution is 2.22. The molecule has 2 aromatic rings. The summed E-state index contributed by atoms with van der Waals surface area (Å²) >= 11 is 1.70. The van der Waals surface area contributed by atoms with Gasteiger partial charge in [-0.1, -0.05) is 5.21 Å². The van der Waals surface area contributed by atoms with E-state index < -0.39 is 5.97 Å². The Kier molecular flexibility index (Phi) is 4.20. The Hall–Kier alpha value is -1.83. The van der Waals surface area contributed by atoms with Crippen molar-refractivity contribution >= 4 is 17.7 Å². The summed E-state index contributed by atoms with van der Waals surface area (Å²) in [5.74, 6) is 0.395. The number of thioether (sulfide) groups is 1. The summed E-state index contributed by atoms with van der Waals surface area (Å²) in [5, 5.41) is 12.1. The number of hydrogen-bond donors (Lipinski definition) is 0. The molecule has 7 nitrogen and oxygen atoms in total. The number of hydrogen-bond acceptors (Lipinski definition) is 6. The molecular formula is C11H15N5O2S. The molecule has 0 saturated heterocycles.